The first-order valence-corrected chi connectivity index (χ1v) is 8.64. The van der Waals surface area contributed by atoms with E-state index in [4.69, 9.17) is 14.2 Å². The van der Waals surface area contributed by atoms with Gasteiger partial charge in [-0.15, -0.1) is 0 Å². The molecule has 0 aliphatic carbocycles. The molecular weight excluding hydrogens is 353 g/mol. The highest BCUT2D eigenvalue weighted by Crippen LogP contribution is 2.35. The van der Waals surface area contributed by atoms with Gasteiger partial charge in [0.15, 0.2) is 23.1 Å². The Morgan fingerprint density at radius 1 is 1.22 bits per heavy atom. The van der Waals surface area contributed by atoms with Gasteiger partial charge < -0.3 is 19.3 Å². The third kappa shape index (κ3) is 3.98. The monoisotopic (exact) mass is 375 g/mol. The van der Waals surface area contributed by atoms with E-state index < -0.39 is 17.8 Å². The lowest BCUT2D eigenvalue weighted by molar-refractivity contribution is -0.144. The van der Waals surface area contributed by atoms with Crippen LogP contribution in [-0.2, 0) is 11.3 Å². The lowest BCUT2D eigenvalue weighted by atomic mass is 10.0. The summed E-state index contributed by atoms with van der Waals surface area (Å²) in [6, 6.07) is 8.79. The summed E-state index contributed by atoms with van der Waals surface area (Å²) in [7, 11) is 2.94. The second-order valence-electron chi connectivity index (χ2n) is 6.26. The van der Waals surface area contributed by atoms with Gasteiger partial charge in [0.2, 0.25) is 0 Å². The predicted octanol–water partition coefficient (Wildman–Crippen LogP) is 3.25. The maximum atomic E-state index is 14.2. The van der Waals surface area contributed by atoms with Crippen molar-refractivity contribution in [2.24, 2.45) is 0 Å². The third-order valence-corrected chi connectivity index (χ3v) is 4.58. The van der Waals surface area contributed by atoms with Crippen molar-refractivity contribution >= 4 is 5.97 Å². The summed E-state index contributed by atoms with van der Waals surface area (Å²) in [6.45, 7) is 1.28. The summed E-state index contributed by atoms with van der Waals surface area (Å²) in [5.74, 6) is -0.310. The molecular formula is C20H22FNO5. The average molecular weight is 375 g/mol. The van der Waals surface area contributed by atoms with Crippen molar-refractivity contribution in [3.63, 3.8) is 0 Å². The molecule has 27 heavy (non-hydrogen) atoms. The van der Waals surface area contributed by atoms with E-state index in [2.05, 4.69) is 0 Å². The van der Waals surface area contributed by atoms with Gasteiger partial charge in [0.05, 0.1) is 20.8 Å². The number of carboxylic acid groups (broad SMARTS) is 1. The molecule has 0 bridgehead atoms. The third-order valence-electron chi connectivity index (χ3n) is 4.58. The lowest BCUT2D eigenvalue weighted by Crippen LogP contribution is -2.36. The zero-order valence-corrected chi connectivity index (χ0v) is 15.3. The smallest absolute Gasteiger partial charge is 0.325 e. The number of ether oxygens (including phenoxy) is 3. The Bertz CT molecular complexity index is 826. The highest BCUT2D eigenvalue weighted by molar-refractivity contribution is 5.75. The number of aliphatic carboxylic acids is 1. The molecule has 0 saturated heterocycles. The Morgan fingerprint density at radius 3 is 2.67 bits per heavy atom. The minimum absolute atomic E-state index is 0.0824. The Labute approximate surface area is 157 Å². The van der Waals surface area contributed by atoms with Gasteiger partial charge >= 0.3 is 5.97 Å². The van der Waals surface area contributed by atoms with E-state index in [-0.39, 0.29) is 5.75 Å². The first kappa shape index (κ1) is 19.0. The summed E-state index contributed by atoms with van der Waals surface area (Å²) in [5, 5.41) is 9.86. The molecule has 1 atom stereocenters. The summed E-state index contributed by atoms with van der Waals surface area (Å²) >= 11 is 0. The second-order valence-corrected chi connectivity index (χ2v) is 6.26. The Morgan fingerprint density at radius 2 is 2.00 bits per heavy atom. The van der Waals surface area contributed by atoms with Crippen molar-refractivity contribution in [2.75, 3.05) is 27.4 Å². The SMILES string of the molecule is COc1ccc(C(C(=O)O)N2CCCOc3c(cccc3OC)C2)cc1F. The summed E-state index contributed by atoms with van der Waals surface area (Å²) in [4.78, 5) is 13.9. The van der Waals surface area contributed by atoms with Crippen molar-refractivity contribution < 1.29 is 28.5 Å². The number of hydrogen-bond donors (Lipinski definition) is 1. The fourth-order valence-corrected chi connectivity index (χ4v) is 3.33. The van der Waals surface area contributed by atoms with Crippen molar-refractivity contribution in [1.29, 1.82) is 0 Å². The molecule has 3 rings (SSSR count). The van der Waals surface area contributed by atoms with Crippen LogP contribution >= 0.6 is 0 Å². The Kier molecular flexibility index (Phi) is 5.81. The quantitative estimate of drug-likeness (QED) is 0.865. The summed E-state index contributed by atoms with van der Waals surface area (Å²) in [5.41, 5.74) is 1.20. The van der Waals surface area contributed by atoms with E-state index in [1.807, 2.05) is 17.0 Å². The minimum atomic E-state index is -1.04. The number of methoxy groups -OCH3 is 2. The van der Waals surface area contributed by atoms with Gasteiger partial charge in [-0.1, -0.05) is 18.2 Å². The fraction of sp³-hybridized carbons (Fsp3) is 0.350. The van der Waals surface area contributed by atoms with E-state index in [1.54, 1.807) is 19.2 Å². The molecule has 0 spiro atoms. The first-order chi connectivity index (χ1) is 13.0. The maximum absolute atomic E-state index is 14.2. The number of benzene rings is 2. The van der Waals surface area contributed by atoms with Gasteiger partial charge in [-0.05, 0) is 30.2 Å². The zero-order chi connectivity index (χ0) is 19.4. The van der Waals surface area contributed by atoms with E-state index in [1.165, 1.54) is 19.2 Å². The molecule has 1 aliphatic heterocycles. The van der Waals surface area contributed by atoms with Crippen LogP contribution in [0, 0.1) is 5.82 Å². The first-order valence-electron chi connectivity index (χ1n) is 8.64. The van der Waals surface area contributed by atoms with Crippen LogP contribution in [0.5, 0.6) is 17.2 Å². The number of para-hydroxylation sites is 1. The molecule has 7 heteroatoms. The number of hydrogen-bond acceptors (Lipinski definition) is 5. The fourth-order valence-electron chi connectivity index (χ4n) is 3.33. The predicted molar refractivity (Wildman–Crippen MR) is 96.8 cm³/mol. The topological polar surface area (TPSA) is 68.2 Å². The number of fused-ring (bicyclic) bond motifs is 1. The van der Waals surface area contributed by atoms with Crippen molar-refractivity contribution in [3.05, 3.63) is 53.3 Å². The number of carbonyl (C=O) groups is 1. The molecule has 144 valence electrons. The van der Waals surface area contributed by atoms with Gasteiger partial charge in [0, 0.05) is 18.7 Å². The lowest BCUT2D eigenvalue weighted by Gasteiger charge is -2.32. The molecule has 6 nitrogen and oxygen atoms in total. The van der Waals surface area contributed by atoms with Crippen LogP contribution in [0.4, 0.5) is 4.39 Å². The molecule has 1 N–H and O–H groups in total. The molecule has 0 amide bonds. The highest BCUT2D eigenvalue weighted by Gasteiger charge is 2.30. The number of rotatable bonds is 5. The zero-order valence-electron chi connectivity index (χ0n) is 15.3. The Balaban J connectivity index is 1.97. The van der Waals surface area contributed by atoms with Crippen LogP contribution < -0.4 is 14.2 Å². The summed E-state index contributed by atoms with van der Waals surface area (Å²) < 4.78 is 30.3. The van der Waals surface area contributed by atoms with Gasteiger partial charge in [0.1, 0.15) is 6.04 Å². The number of carboxylic acids is 1. The highest BCUT2D eigenvalue weighted by atomic mass is 19.1. The Hall–Kier alpha value is -2.80. The van der Waals surface area contributed by atoms with Crippen LogP contribution in [0.3, 0.4) is 0 Å². The van der Waals surface area contributed by atoms with Crippen LogP contribution in [0.2, 0.25) is 0 Å². The van der Waals surface area contributed by atoms with Crippen molar-refractivity contribution in [1.82, 2.24) is 4.90 Å². The molecule has 0 aromatic heterocycles. The maximum Gasteiger partial charge on any atom is 0.325 e. The van der Waals surface area contributed by atoms with Crippen molar-refractivity contribution in [3.8, 4) is 17.2 Å². The molecule has 1 aliphatic rings. The van der Waals surface area contributed by atoms with Crippen LogP contribution in [0.1, 0.15) is 23.6 Å². The second kappa shape index (κ2) is 8.26. The van der Waals surface area contributed by atoms with E-state index >= 15 is 0 Å². The number of halogens is 1. The van der Waals surface area contributed by atoms with E-state index in [0.29, 0.717) is 43.2 Å². The molecule has 0 radical (unpaired) electrons. The van der Waals surface area contributed by atoms with Gasteiger partial charge in [0.25, 0.3) is 0 Å². The van der Waals surface area contributed by atoms with Gasteiger partial charge in [-0.2, -0.15) is 0 Å². The average Bonchev–Trinajstić information content (AvgIpc) is 2.63. The number of nitrogens with zero attached hydrogens (tertiary/aromatic N) is 1. The molecule has 2 aromatic rings. The molecule has 0 fully saturated rings. The largest absolute Gasteiger partial charge is 0.494 e. The van der Waals surface area contributed by atoms with E-state index in [9.17, 15) is 14.3 Å². The standard InChI is InChI=1S/C20H22FNO5/c1-25-16-8-7-13(11-15(16)21)18(20(23)24)22-9-4-10-27-19-14(12-22)5-3-6-17(19)26-2/h3,5-8,11,18H,4,9-10,12H2,1-2H3,(H,23,24). The van der Waals surface area contributed by atoms with Gasteiger partial charge in [-0.3, -0.25) is 9.69 Å². The van der Waals surface area contributed by atoms with Crippen LogP contribution in [0.15, 0.2) is 36.4 Å². The van der Waals surface area contributed by atoms with Crippen LogP contribution in [-0.4, -0.2) is 43.3 Å². The normalized spacial score (nSPS) is 15.7. The minimum Gasteiger partial charge on any atom is -0.494 e. The summed E-state index contributed by atoms with van der Waals surface area (Å²) in [6.07, 6.45) is 0.639. The van der Waals surface area contributed by atoms with E-state index in [0.717, 1.165) is 5.56 Å². The molecule has 1 unspecified atom stereocenters. The molecule has 0 saturated carbocycles. The molecule has 2 aromatic carbocycles. The molecule has 1 heterocycles. The van der Waals surface area contributed by atoms with Gasteiger partial charge in [-0.25, -0.2) is 4.39 Å². The van der Waals surface area contributed by atoms with Crippen LogP contribution in [0.25, 0.3) is 0 Å². The van der Waals surface area contributed by atoms with Crippen molar-refractivity contribution in [2.45, 2.75) is 19.0 Å².